The summed E-state index contributed by atoms with van der Waals surface area (Å²) < 4.78 is 7.19. The fourth-order valence-corrected chi connectivity index (χ4v) is 2.05. The van der Waals surface area contributed by atoms with E-state index in [1.807, 2.05) is 49.7 Å². The van der Waals surface area contributed by atoms with E-state index in [-0.39, 0.29) is 0 Å². The van der Waals surface area contributed by atoms with Gasteiger partial charge in [-0.1, -0.05) is 12.1 Å². The summed E-state index contributed by atoms with van der Waals surface area (Å²) in [5, 5.41) is 14.7. The van der Waals surface area contributed by atoms with Crippen molar-refractivity contribution in [2.24, 2.45) is 12.0 Å². The summed E-state index contributed by atoms with van der Waals surface area (Å²) in [4.78, 5) is 4.59. The summed E-state index contributed by atoms with van der Waals surface area (Å²) in [5.41, 5.74) is 1.09. The average Bonchev–Trinajstić information content (AvgIpc) is 2.89. The Morgan fingerprint density at radius 1 is 1.30 bits per heavy atom. The summed E-state index contributed by atoms with van der Waals surface area (Å²) in [7, 11) is 3.61. The number of nitrogens with one attached hydrogen (secondary N) is 2. The van der Waals surface area contributed by atoms with Crippen LogP contribution in [0.1, 0.15) is 24.1 Å². The van der Waals surface area contributed by atoms with Gasteiger partial charge in [0.25, 0.3) is 0 Å². The molecular weight excluding hydrogens is 292 g/mol. The lowest BCUT2D eigenvalue weighted by molar-refractivity contribution is 0.414. The molecule has 1 aromatic carbocycles. The molecule has 2 rings (SSSR count). The lowest BCUT2D eigenvalue weighted by Crippen LogP contribution is -2.37. The number of aliphatic imine (C=N–C) groups is 1. The predicted molar refractivity (Wildman–Crippen MR) is 90.4 cm³/mol. The Kier molecular flexibility index (Phi) is 5.96. The monoisotopic (exact) mass is 316 g/mol. The van der Waals surface area contributed by atoms with E-state index in [9.17, 15) is 0 Å². The van der Waals surface area contributed by atoms with Crippen LogP contribution in [0.15, 0.2) is 29.3 Å². The van der Waals surface area contributed by atoms with E-state index >= 15 is 0 Å². The molecule has 0 fully saturated rings. The minimum atomic E-state index is 0.571. The van der Waals surface area contributed by atoms with Crippen molar-refractivity contribution >= 4 is 5.96 Å². The molecule has 0 spiro atoms. The maximum atomic E-state index is 5.23. The van der Waals surface area contributed by atoms with Gasteiger partial charge in [0.1, 0.15) is 11.6 Å². The minimum Gasteiger partial charge on any atom is -0.497 e. The summed E-state index contributed by atoms with van der Waals surface area (Å²) in [6.45, 7) is 5.90. The second-order valence-electron chi connectivity index (χ2n) is 5.12. The zero-order valence-corrected chi connectivity index (χ0v) is 14.1. The van der Waals surface area contributed by atoms with Crippen molar-refractivity contribution in [2.45, 2.75) is 26.9 Å². The number of hydrogen-bond donors (Lipinski definition) is 2. The van der Waals surface area contributed by atoms with Crippen LogP contribution in [0, 0.1) is 6.92 Å². The molecule has 7 heteroatoms. The van der Waals surface area contributed by atoms with E-state index in [1.54, 1.807) is 7.11 Å². The van der Waals surface area contributed by atoms with Gasteiger partial charge in [0.15, 0.2) is 11.8 Å². The smallest absolute Gasteiger partial charge is 0.191 e. The van der Waals surface area contributed by atoms with Crippen LogP contribution in [0.4, 0.5) is 0 Å². The second-order valence-corrected chi connectivity index (χ2v) is 5.12. The summed E-state index contributed by atoms with van der Waals surface area (Å²) in [5.74, 6) is 3.34. The number of aromatic nitrogens is 3. The first-order valence-corrected chi connectivity index (χ1v) is 7.64. The topological polar surface area (TPSA) is 76.4 Å². The molecule has 0 aliphatic heterocycles. The number of aryl methyl sites for hydroxylation is 1. The van der Waals surface area contributed by atoms with Crippen LogP contribution in [0.5, 0.6) is 5.75 Å². The van der Waals surface area contributed by atoms with Crippen LogP contribution >= 0.6 is 0 Å². The van der Waals surface area contributed by atoms with Gasteiger partial charge in [0.05, 0.1) is 20.2 Å². The van der Waals surface area contributed by atoms with Crippen LogP contribution in [0.3, 0.4) is 0 Å². The first-order chi connectivity index (χ1) is 11.1. The molecule has 0 atom stereocenters. The highest BCUT2D eigenvalue weighted by Gasteiger charge is 2.05. The summed E-state index contributed by atoms with van der Waals surface area (Å²) in [6.07, 6.45) is 0. The molecule has 0 unspecified atom stereocenters. The number of guanidine groups is 1. The quantitative estimate of drug-likeness (QED) is 0.622. The van der Waals surface area contributed by atoms with Crippen molar-refractivity contribution in [2.75, 3.05) is 13.7 Å². The number of nitrogens with zero attached hydrogens (tertiary/aromatic N) is 4. The Morgan fingerprint density at radius 3 is 2.78 bits per heavy atom. The third-order valence-electron chi connectivity index (χ3n) is 3.49. The molecule has 124 valence electrons. The first kappa shape index (κ1) is 16.8. The minimum absolute atomic E-state index is 0.571. The third-order valence-corrected chi connectivity index (χ3v) is 3.49. The van der Waals surface area contributed by atoms with E-state index in [2.05, 4.69) is 25.8 Å². The van der Waals surface area contributed by atoms with Gasteiger partial charge in [-0.15, -0.1) is 10.2 Å². The zero-order valence-electron chi connectivity index (χ0n) is 14.1. The Balaban J connectivity index is 2.00. The highest BCUT2D eigenvalue weighted by Crippen LogP contribution is 2.13. The molecule has 0 saturated heterocycles. The molecule has 0 aliphatic carbocycles. The van der Waals surface area contributed by atoms with Crippen LogP contribution in [-0.4, -0.2) is 34.4 Å². The van der Waals surface area contributed by atoms with Gasteiger partial charge in [-0.25, -0.2) is 4.99 Å². The van der Waals surface area contributed by atoms with Crippen molar-refractivity contribution in [3.63, 3.8) is 0 Å². The van der Waals surface area contributed by atoms with E-state index in [0.29, 0.717) is 13.1 Å². The molecular formula is C16H24N6O. The standard InChI is InChI=1S/C16H24N6O/c1-5-17-16(19-11-15-21-20-12(2)22(15)3)18-10-13-7-6-8-14(9-13)23-4/h6-9H,5,10-11H2,1-4H3,(H2,17,18,19). The van der Waals surface area contributed by atoms with Crippen LogP contribution in [0.2, 0.25) is 0 Å². The summed E-state index contributed by atoms with van der Waals surface area (Å²) >= 11 is 0. The maximum absolute atomic E-state index is 5.23. The molecule has 0 amide bonds. The van der Waals surface area contributed by atoms with Gasteiger partial charge in [-0.2, -0.15) is 0 Å². The molecule has 0 saturated carbocycles. The fraction of sp³-hybridized carbons (Fsp3) is 0.438. The van der Waals surface area contributed by atoms with Crippen LogP contribution < -0.4 is 15.4 Å². The molecule has 7 nitrogen and oxygen atoms in total. The molecule has 0 aliphatic rings. The highest BCUT2D eigenvalue weighted by atomic mass is 16.5. The predicted octanol–water partition coefficient (Wildman–Crippen LogP) is 1.39. The Morgan fingerprint density at radius 2 is 2.13 bits per heavy atom. The molecule has 0 radical (unpaired) electrons. The van der Waals surface area contributed by atoms with Crippen molar-refractivity contribution < 1.29 is 4.74 Å². The zero-order chi connectivity index (χ0) is 16.7. The lowest BCUT2D eigenvalue weighted by atomic mass is 10.2. The highest BCUT2D eigenvalue weighted by molar-refractivity contribution is 5.79. The number of ether oxygens (including phenoxy) is 1. The van der Waals surface area contributed by atoms with Gasteiger partial charge in [-0.05, 0) is 31.5 Å². The van der Waals surface area contributed by atoms with Crippen LogP contribution in [-0.2, 0) is 20.1 Å². The molecule has 23 heavy (non-hydrogen) atoms. The van der Waals surface area contributed by atoms with E-state index in [1.165, 1.54) is 0 Å². The Labute approximate surface area is 136 Å². The second kappa shape index (κ2) is 8.17. The maximum Gasteiger partial charge on any atom is 0.191 e. The van der Waals surface area contributed by atoms with Gasteiger partial charge in [0, 0.05) is 13.6 Å². The van der Waals surface area contributed by atoms with E-state index in [4.69, 9.17) is 4.74 Å². The molecule has 1 heterocycles. The van der Waals surface area contributed by atoms with Crippen molar-refractivity contribution in [3.8, 4) is 5.75 Å². The average molecular weight is 316 g/mol. The third kappa shape index (κ3) is 4.70. The molecule has 1 aromatic heterocycles. The number of benzene rings is 1. The largest absolute Gasteiger partial charge is 0.497 e. The van der Waals surface area contributed by atoms with Crippen LogP contribution in [0.25, 0.3) is 0 Å². The van der Waals surface area contributed by atoms with Crippen molar-refractivity contribution in [1.82, 2.24) is 25.4 Å². The SMILES string of the molecule is CCNC(=NCc1cccc(OC)c1)NCc1nnc(C)n1C. The molecule has 2 N–H and O–H groups in total. The van der Waals surface area contributed by atoms with Gasteiger partial charge in [-0.3, -0.25) is 0 Å². The van der Waals surface area contributed by atoms with Gasteiger partial charge >= 0.3 is 0 Å². The van der Waals surface area contributed by atoms with Crippen molar-refractivity contribution in [3.05, 3.63) is 41.5 Å². The van der Waals surface area contributed by atoms with Gasteiger partial charge < -0.3 is 19.9 Å². The number of rotatable bonds is 6. The Hall–Kier alpha value is -2.57. The number of hydrogen-bond acceptors (Lipinski definition) is 4. The van der Waals surface area contributed by atoms with E-state index in [0.717, 1.165) is 35.5 Å². The Bertz CT molecular complexity index is 664. The number of methoxy groups -OCH3 is 1. The normalized spacial score (nSPS) is 11.4. The lowest BCUT2D eigenvalue weighted by Gasteiger charge is -2.11. The first-order valence-electron chi connectivity index (χ1n) is 7.64. The molecule has 0 bridgehead atoms. The fourth-order valence-electron chi connectivity index (χ4n) is 2.05. The van der Waals surface area contributed by atoms with Crippen molar-refractivity contribution in [1.29, 1.82) is 0 Å². The molecule has 2 aromatic rings. The summed E-state index contributed by atoms with van der Waals surface area (Å²) in [6, 6.07) is 7.90. The van der Waals surface area contributed by atoms with Gasteiger partial charge in [0.2, 0.25) is 0 Å². The van der Waals surface area contributed by atoms with E-state index < -0.39 is 0 Å².